The van der Waals surface area contributed by atoms with Crippen LogP contribution in [0.3, 0.4) is 0 Å². The van der Waals surface area contributed by atoms with Crippen LogP contribution in [0, 0.1) is 0 Å². The number of hydrogen-bond donors (Lipinski definition) is 4. The average Bonchev–Trinajstić information content (AvgIpc) is 3.06. The monoisotopic (exact) mass is 482 g/mol. The van der Waals surface area contributed by atoms with E-state index in [4.69, 9.17) is 9.47 Å². The highest BCUT2D eigenvalue weighted by atomic mass is 19.4. The highest BCUT2D eigenvalue weighted by Crippen LogP contribution is 2.43. The third-order valence-electron chi connectivity index (χ3n) is 5.85. The number of hydrogen-bond acceptors (Lipinski definition) is 5. The number of ether oxygens (including phenoxy) is 2. The number of aliphatic hydroxyl groups is 2. The molecule has 0 saturated carbocycles. The summed E-state index contributed by atoms with van der Waals surface area (Å²) in [5.74, 6) is 0.199. The van der Waals surface area contributed by atoms with Crippen molar-refractivity contribution in [3.63, 3.8) is 0 Å². The van der Waals surface area contributed by atoms with E-state index in [2.05, 4.69) is 10.6 Å². The second-order valence-corrected chi connectivity index (χ2v) is 9.23. The quantitative estimate of drug-likeness (QED) is 0.507. The Hall–Kier alpha value is -2.98. The lowest BCUT2D eigenvalue weighted by Crippen LogP contribution is -2.40. The zero-order chi connectivity index (χ0) is 25.4. The number of nitrogens with one attached hydrogen (secondary N) is 2. The van der Waals surface area contributed by atoms with Gasteiger partial charge in [-0.15, -0.1) is 0 Å². The third-order valence-corrected chi connectivity index (χ3v) is 5.85. The van der Waals surface area contributed by atoms with E-state index in [0.717, 1.165) is 12.7 Å². The Balaban J connectivity index is 1.90. The summed E-state index contributed by atoms with van der Waals surface area (Å²) in [7, 11) is 2.64. The van der Waals surface area contributed by atoms with Crippen LogP contribution in [-0.2, 0) is 11.8 Å². The van der Waals surface area contributed by atoms with Gasteiger partial charge in [0.05, 0.1) is 25.9 Å². The van der Waals surface area contributed by atoms with E-state index >= 15 is 0 Å². The van der Waals surface area contributed by atoms with Gasteiger partial charge in [0, 0.05) is 11.1 Å². The Kier molecular flexibility index (Phi) is 7.05. The molecular weight excluding hydrogens is 453 g/mol. The number of alkyl halides is 3. The van der Waals surface area contributed by atoms with Crippen molar-refractivity contribution in [2.45, 2.75) is 57.0 Å². The first-order valence-electron chi connectivity index (χ1n) is 10.7. The molecule has 4 N–H and O–H groups in total. The van der Waals surface area contributed by atoms with Crippen LogP contribution in [0.15, 0.2) is 30.3 Å². The zero-order valence-corrected chi connectivity index (χ0v) is 19.6. The molecule has 0 radical (unpaired) electrons. The maximum atomic E-state index is 13.3. The van der Waals surface area contributed by atoms with Crippen LogP contribution in [0.4, 0.5) is 23.7 Å². The number of carbonyl (C=O) groups excluding carboxylic acids is 1. The first-order chi connectivity index (χ1) is 15.8. The first kappa shape index (κ1) is 25.6. The predicted molar refractivity (Wildman–Crippen MR) is 120 cm³/mol. The molecule has 0 spiro atoms. The molecular formula is C24H29F3N2O5. The molecule has 2 aromatic rings. The van der Waals surface area contributed by atoms with Gasteiger partial charge in [0.1, 0.15) is 17.6 Å². The number of carbonyl (C=O) groups is 1. The lowest BCUT2D eigenvalue weighted by Gasteiger charge is -2.26. The molecule has 34 heavy (non-hydrogen) atoms. The Labute approximate surface area is 195 Å². The van der Waals surface area contributed by atoms with Gasteiger partial charge in [-0.05, 0) is 41.2 Å². The summed E-state index contributed by atoms with van der Waals surface area (Å²) in [6, 6.07) is 6.62. The van der Waals surface area contributed by atoms with Crippen molar-refractivity contribution >= 4 is 11.7 Å². The van der Waals surface area contributed by atoms with E-state index in [-0.39, 0.29) is 11.4 Å². The SMILES string of the molecule is COc1cccc2c1C(O)C(NC(=O)Nc1cc(C(C)(C)C)cc([C@@H](O)C(F)(F)F)c1OC)C2. The van der Waals surface area contributed by atoms with Crippen LogP contribution in [0.25, 0.3) is 0 Å². The summed E-state index contributed by atoms with van der Waals surface area (Å²) >= 11 is 0. The number of methoxy groups -OCH3 is 2. The Morgan fingerprint density at radius 3 is 2.38 bits per heavy atom. The lowest BCUT2D eigenvalue weighted by atomic mass is 9.84. The van der Waals surface area contributed by atoms with Gasteiger partial charge in [0.15, 0.2) is 6.10 Å². The van der Waals surface area contributed by atoms with E-state index < -0.39 is 41.4 Å². The maximum absolute atomic E-state index is 13.3. The number of fused-ring (bicyclic) bond motifs is 1. The minimum atomic E-state index is -4.93. The van der Waals surface area contributed by atoms with Gasteiger partial charge in [-0.1, -0.05) is 32.9 Å². The number of aliphatic hydroxyl groups excluding tert-OH is 2. The Bertz CT molecular complexity index is 1070. The molecule has 0 bridgehead atoms. The van der Waals surface area contributed by atoms with Crippen LogP contribution in [0.1, 0.15) is 55.2 Å². The molecule has 0 saturated heterocycles. The van der Waals surface area contributed by atoms with Gasteiger partial charge in [-0.2, -0.15) is 13.2 Å². The van der Waals surface area contributed by atoms with Crippen molar-refractivity contribution in [3.8, 4) is 11.5 Å². The predicted octanol–water partition coefficient (Wildman–Crippen LogP) is 4.38. The molecule has 0 aromatic heterocycles. The molecule has 3 rings (SSSR count). The van der Waals surface area contributed by atoms with Gasteiger partial charge >= 0.3 is 12.2 Å². The fourth-order valence-electron chi connectivity index (χ4n) is 4.07. The maximum Gasteiger partial charge on any atom is 0.418 e. The molecule has 1 aliphatic rings. The minimum absolute atomic E-state index is 0.0340. The largest absolute Gasteiger partial charge is 0.496 e. The van der Waals surface area contributed by atoms with Crippen LogP contribution in [0.5, 0.6) is 11.5 Å². The standard InChI is InChI=1S/C24H29F3N2O5/c1-23(2,3)13-10-14(21(31)24(25,26)27)20(34-5)16(11-13)29-22(32)28-15-9-12-7-6-8-17(33-4)18(12)19(15)30/h6-8,10-11,15,19,21,30-31H,9H2,1-5H3,(H2,28,29,32)/t15?,19?,21-/m1/s1. The molecule has 2 amide bonds. The van der Waals surface area contributed by atoms with Crippen molar-refractivity contribution < 1.29 is 37.7 Å². The first-order valence-corrected chi connectivity index (χ1v) is 10.7. The summed E-state index contributed by atoms with van der Waals surface area (Å²) < 4.78 is 50.5. The fraction of sp³-hybridized carbons (Fsp3) is 0.458. The van der Waals surface area contributed by atoms with Gasteiger partial charge in [-0.25, -0.2) is 4.79 Å². The van der Waals surface area contributed by atoms with E-state index in [1.165, 1.54) is 19.2 Å². The Morgan fingerprint density at radius 2 is 1.82 bits per heavy atom. The second-order valence-electron chi connectivity index (χ2n) is 9.23. The van der Waals surface area contributed by atoms with Crippen LogP contribution in [0.2, 0.25) is 0 Å². The summed E-state index contributed by atoms with van der Waals surface area (Å²) in [5, 5.41) is 25.9. The van der Waals surface area contributed by atoms with E-state index in [1.54, 1.807) is 32.9 Å². The number of anilines is 1. The van der Waals surface area contributed by atoms with Gasteiger partial charge in [-0.3, -0.25) is 0 Å². The topological polar surface area (TPSA) is 100 Å². The second kappa shape index (κ2) is 9.34. The summed E-state index contributed by atoms with van der Waals surface area (Å²) in [6.45, 7) is 5.38. The van der Waals surface area contributed by atoms with E-state index in [9.17, 15) is 28.2 Å². The fourth-order valence-corrected chi connectivity index (χ4v) is 4.07. The van der Waals surface area contributed by atoms with Crippen molar-refractivity contribution in [2.24, 2.45) is 0 Å². The smallest absolute Gasteiger partial charge is 0.418 e. The highest BCUT2D eigenvalue weighted by Gasteiger charge is 2.42. The number of urea groups is 1. The number of rotatable bonds is 5. The van der Waals surface area contributed by atoms with Crippen molar-refractivity contribution in [3.05, 3.63) is 52.6 Å². The lowest BCUT2D eigenvalue weighted by molar-refractivity contribution is -0.207. The van der Waals surface area contributed by atoms with Crippen molar-refractivity contribution in [2.75, 3.05) is 19.5 Å². The average molecular weight is 482 g/mol. The molecule has 10 heteroatoms. The molecule has 0 fully saturated rings. The minimum Gasteiger partial charge on any atom is -0.496 e. The highest BCUT2D eigenvalue weighted by molar-refractivity contribution is 5.92. The molecule has 3 atom stereocenters. The molecule has 7 nitrogen and oxygen atoms in total. The number of benzene rings is 2. The molecule has 2 unspecified atom stereocenters. The molecule has 2 aromatic carbocycles. The van der Waals surface area contributed by atoms with Crippen molar-refractivity contribution in [1.82, 2.24) is 5.32 Å². The molecule has 0 heterocycles. The van der Waals surface area contributed by atoms with E-state index in [1.807, 2.05) is 6.07 Å². The summed E-state index contributed by atoms with van der Waals surface area (Å²) in [6.07, 6.45) is -8.41. The number of amides is 2. The molecule has 1 aliphatic carbocycles. The third kappa shape index (κ3) is 5.07. The van der Waals surface area contributed by atoms with Crippen LogP contribution in [-0.4, -0.2) is 42.7 Å². The van der Waals surface area contributed by atoms with Crippen LogP contribution < -0.4 is 20.1 Å². The van der Waals surface area contributed by atoms with Gasteiger partial charge in [0.2, 0.25) is 0 Å². The summed E-state index contributed by atoms with van der Waals surface area (Å²) in [5.41, 5.74) is 0.737. The van der Waals surface area contributed by atoms with Crippen LogP contribution >= 0.6 is 0 Å². The van der Waals surface area contributed by atoms with Gasteiger partial charge in [0.25, 0.3) is 0 Å². The zero-order valence-electron chi connectivity index (χ0n) is 19.6. The molecule has 0 aliphatic heterocycles. The summed E-state index contributed by atoms with van der Waals surface area (Å²) in [4.78, 5) is 12.8. The van der Waals surface area contributed by atoms with Crippen molar-refractivity contribution in [1.29, 1.82) is 0 Å². The molecule has 186 valence electrons. The Morgan fingerprint density at radius 1 is 1.15 bits per heavy atom. The van der Waals surface area contributed by atoms with E-state index in [0.29, 0.717) is 23.3 Å². The number of halogens is 3. The normalized spacial score (nSPS) is 18.8. The van der Waals surface area contributed by atoms with Gasteiger partial charge < -0.3 is 30.3 Å².